The van der Waals surface area contributed by atoms with E-state index in [1.54, 1.807) is 6.07 Å². The summed E-state index contributed by atoms with van der Waals surface area (Å²) in [6, 6.07) is 5.34. The summed E-state index contributed by atoms with van der Waals surface area (Å²) in [6.45, 7) is 1.22. The summed E-state index contributed by atoms with van der Waals surface area (Å²) in [5.41, 5.74) is 6.80. The molecule has 0 amide bonds. The summed E-state index contributed by atoms with van der Waals surface area (Å²) in [5.74, 6) is 0. The van der Waals surface area contributed by atoms with E-state index >= 15 is 0 Å². The molecule has 0 aliphatic heterocycles. The van der Waals surface area contributed by atoms with Crippen LogP contribution in [-0.4, -0.2) is 34.1 Å². The Morgan fingerprint density at radius 3 is 2.74 bits per heavy atom. The average molecular weight is 265 g/mol. The Morgan fingerprint density at radius 1 is 1.47 bits per heavy atom. The minimum absolute atomic E-state index is 0.0462. The normalized spacial score (nSPS) is 15.5. The second-order valence-electron chi connectivity index (χ2n) is 4.89. The fourth-order valence-electron chi connectivity index (χ4n) is 2.39. The molecular formula is C13H19N3O3. The topological polar surface area (TPSA) is 92.6 Å². The molecule has 1 aromatic carbocycles. The standard InChI is InChI=1S/C13H19N3O3/c14-13-10(3-1-6-12(13)16(18)19)9-15(7-8-17)11-4-2-5-11/h1,3,6,11,17H,2,4-5,7-9,14H2. The molecule has 19 heavy (non-hydrogen) atoms. The zero-order valence-electron chi connectivity index (χ0n) is 10.8. The van der Waals surface area contributed by atoms with Crippen LogP contribution >= 0.6 is 0 Å². The number of rotatable bonds is 6. The number of nitro groups is 1. The van der Waals surface area contributed by atoms with Crippen LogP contribution in [-0.2, 0) is 6.54 Å². The van der Waals surface area contributed by atoms with Gasteiger partial charge in [0.25, 0.3) is 5.69 Å². The number of aliphatic hydroxyl groups is 1. The summed E-state index contributed by atoms with van der Waals surface area (Å²) in [5, 5.41) is 20.0. The molecule has 0 spiro atoms. The van der Waals surface area contributed by atoms with Crippen LogP contribution in [0.2, 0.25) is 0 Å². The minimum Gasteiger partial charge on any atom is -0.395 e. The quantitative estimate of drug-likeness (QED) is 0.462. The fraction of sp³-hybridized carbons (Fsp3) is 0.538. The lowest BCUT2D eigenvalue weighted by Crippen LogP contribution is -2.41. The highest BCUT2D eigenvalue weighted by atomic mass is 16.6. The van der Waals surface area contributed by atoms with E-state index in [0.717, 1.165) is 18.4 Å². The highest BCUT2D eigenvalue weighted by molar-refractivity contribution is 5.62. The smallest absolute Gasteiger partial charge is 0.292 e. The van der Waals surface area contributed by atoms with E-state index in [9.17, 15) is 10.1 Å². The second kappa shape index (κ2) is 5.99. The molecule has 6 heteroatoms. The molecule has 6 nitrogen and oxygen atoms in total. The van der Waals surface area contributed by atoms with Crippen LogP contribution in [0.3, 0.4) is 0 Å². The molecule has 1 aliphatic rings. The van der Waals surface area contributed by atoms with Crippen molar-refractivity contribution in [1.82, 2.24) is 4.90 Å². The lowest BCUT2D eigenvalue weighted by molar-refractivity contribution is -0.384. The molecule has 0 radical (unpaired) electrons. The van der Waals surface area contributed by atoms with Gasteiger partial charge in [0.2, 0.25) is 0 Å². The molecule has 0 atom stereocenters. The molecule has 0 unspecified atom stereocenters. The maximum Gasteiger partial charge on any atom is 0.292 e. The Hall–Kier alpha value is -1.66. The predicted octanol–water partition coefficient (Wildman–Crippen LogP) is 1.52. The third-order valence-corrected chi connectivity index (χ3v) is 3.72. The van der Waals surface area contributed by atoms with Gasteiger partial charge in [-0.2, -0.15) is 0 Å². The number of nitrogens with two attached hydrogens (primary N) is 1. The van der Waals surface area contributed by atoms with Gasteiger partial charge in [-0.3, -0.25) is 15.0 Å². The monoisotopic (exact) mass is 265 g/mol. The molecule has 0 bridgehead atoms. The van der Waals surface area contributed by atoms with Crippen molar-refractivity contribution in [3.63, 3.8) is 0 Å². The SMILES string of the molecule is Nc1c(CN(CCO)C2CCC2)cccc1[N+](=O)[O-]. The molecule has 1 saturated carbocycles. The number of hydrogen-bond acceptors (Lipinski definition) is 5. The fourth-order valence-corrected chi connectivity index (χ4v) is 2.39. The highest BCUT2D eigenvalue weighted by Gasteiger charge is 2.25. The Morgan fingerprint density at radius 2 is 2.21 bits per heavy atom. The molecule has 1 aromatic rings. The Labute approximate surface area is 112 Å². The number of nitrogens with zero attached hydrogens (tertiary/aromatic N) is 2. The van der Waals surface area contributed by atoms with Crippen LogP contribution in [0.1, 0.15) is 24.8 Å². The van der Waals surface area contributed by atoms with Crippen molar-refractivity contribution in [2.75, 3.05) is 18.9 Å². The maximum atomic E-state index is 10.9. The van der Waals surface area contributed by atoms with Gasteiger partial charge in [0.15, 0.2) is 0 Å². The number of aliphatic hydroxyl groups excluding tert-OH is 1. The van der Waals surface area contributed by atoms with E-state index in [1.165, 1.54) is 12.5 Å². The lowest BCUT2D eigenvalue weighted by atomic mass is 9.91. The first-order chi connectivity index (χ1) is 9.13. The van der Waals surface area contributed by atoms with Crippen molar-refractivity contribution in [3.05, 3.63) is 33.9 Å². The third-order valence-electron chi connectivity index (χ3n) is 3.72. The summed E-state index contributed by atoms with van der Waals surface area (Å²) >= 11 is 0. The van der Waals surface area contributed by atoms with Crippen molar-refractivity contribution >= 4 is 11.4 Å². The molecule has 2 rings (SSSR count). The molecular weight excluding hydrogens is 246 g/mol. The minimum atomic E-state index is -0.460. The van der Waals surface area contributed by atoms with Crippen LogP contribution in [0.4, 0.5) is 11.4 Å². The Balaban J connectivity index is 2.16. The van der Waals surface area contributed by atoms with E-state index in [1.807, 2.05) is 6.07 Å². The van der Waals surface area contributed by atoms with E-state index in [-0.39, 0.29) is 18.0 Å². The zero-order chi connectivity index (χ0) is 13.8. The molecule has 104 valence electrons. The first-order valence-corrected chi connectivity index (χ1v) is 6.50. The van der Waals surface area contributed by atoms with Crippen molar-refractivity contribution in [2.45, 2.75) is 31.8 Å². The van der Waals surface area contributed by atoms with Gasteiger partial charge in [-0.25, -0.2) is 0 Å². The summed E-state index contributed by atoms with van der Waals surface area (Å²) in [4.78, 5) is 12.6. The molecule has 3 N–H and O–H groups in total. The van der Waals surface area contributed by atoms with Crippen molar-refractivity contribution in [1.29, 1.82) is 0 Å². The maximum absolute atomic E-state index is 10.9. The van der Waals surface area contributed by atoms with E-state index in [2.05, 4.69) is 4.90 Å². The molecule has 1 aliphatic carbocycles. The average Bonchev–Trinajstić information content (AvgIpc) is 2.29. The van der Waals surface area contributed by atoms with Gasteiger partial charge in [-0.15, -0.1) is 0 Å². The molecule has 0 heterocycles. The van der Waals surface area contributed by atoms with Gasteiger partial charge in [0.1, 0.15) is 5.69 Å². The highest BCUT2D eigenvalue weighted by Crippen LogP contribution is 2.30. The van der Waals surface area contributed by atoms with Gasteiger partial charge in [0.05, 0.1) is 11.5 Å². The Bertz CT molecular complexity index is 460. The number of anilines is 1. The predicted molar refractivity (Wildman–Crippen MR) is 72.6 cm³/mol. The third kappa shape index (κ3) is 3.02. The molecule has 0 aromatic heterocycles. The number of para-hydroxylation sites is 1. The van der Waals surface area contributed by atoms with Crippen LogP contribution in [0.15, 0.2) is 18.2 Å². The summed E-state index contributed by atoms with van der Waals surface area (Å²) in [6.07, 6.45) is 3.45. The van der Waals surface area contributed by atoms with Gasteiger partial charge >= 0.3 is 0 Å². The zero-order valence-corrected chi connectivity index (χ0v) is 10.8. The number of nitro benzene ring substituents is 1. The van der Waals surface area contributed by atoms with Crippen molar-refractivity contribution < 1.29 is 10.0 Å². The number of nitrogen functional groups attached to an aromatic ring is 1. The Kier molecular flexibility index (Phi) is 4.34. The first-order valence-electron chi connectivity index (χ1n) is 6.50. The van der Waals surface area contributed by atoms with Crippen molar-refractivity contribution in [3.8, 4) is 0 Å². The van der Waals surface area contributed by atoms with E-state index in [4.69, 9.17) is 10.8 Å². The summed E-state index contributed by atoms with van der Waals surface area (Å²) in [7, 11) is 0. The van der Waals surface area contributed by atoms with Crippen molar-refractivity contribution in [2.24, 2.45) is 0 Å². The summed E-state index contributed by atoms with van der Waals surface area (Å²) < 4.78 is 0. The van der Waals surface area contributed by atoms with E-state index < -0.39 is 4.92 Å². The molecule has 1 fully saturated rings. The van der Waals surface area contributed by atoms with Crippen LogP contribution in [0.25, 0.3) is 0 Å². The van der Waals surface area contributed by atoms with Gasteiger partial charge in [0, 0.05) is 25.2 Å². The van der Waals surface area contributed by atoms with Gasteiger partial charge in [-0.05, 0) is 18.4 Å². The van der Waals surface area contributed by atoms with E-state index in [0.29, 0.717) is 19.1 Å². The molecule has 0 saturated heterocycles. The number of hydrogen-bond donors (Lipinski definition) is 2. The van der Waals surface area contributed by atoms with Gasteiger partial charge < -0.3 is 10.8 Å². The van der Waals surface area contributed by atoms with Crippen LogP contribution in [0.5, 0.6) is 0 Å². The lowest BCUT2D eigenvalue weighted by Gasteiger charge is -2.37. The van der Waals surface area contributed by atoms with Gasteiger partial charge in [-0.1, -0.05) is 18.6 Å². The largest absolute Gasteiger partial charge is 0.395 e. The second-order valence-corrected chi connectivity index (χ2v) is 4.89. The van der Waals surface area contributed by atoms with Crippen LogP contribution in [0, 0.1) is 10.1 Å². The first kappa shape index (κ1) is 13.8. The number of benzene rings is 1. The van der Waals surface area contributed by atoms with Crippen LogP contribution < -0.4 is 5.73 Å².